The fraction of sp³-hybridized carbons (Fsp3) is 0.154. The van der Waals surface area contributed by atoms with Crippen LogP contribution in [-0.4, -0.2) is 11.3 Å². The van der Waals surface area contributed by atoms with E-state index in [9.17, 15) is 18.3 Å². The molecule has 31 heavy (non-hydrogen) atoms. The minimum Gasteiger partial charge on any atom is -0.453 e. The van der Waals surface area contributed by atoms with Crippen molar-refractivity contribution in [1.82, 2.24) is 0 Å². The van der Waals surface area contributed by atoms with Crippen molar-refractivity contribution in [2.45, 2.75) is 24.1 Å². The van der Waals surface area contributed by atoms with E-state index >= 15 is 0 Å². The summed E-state index contributed by atoms with van der Waals surface area (Å²) in [6.07, 6.45) is -1.80. The summed E-state index contributed by atoms with van der Waals surface area (Å²) in [6.45, 7) is 0. The molecule has 1 aliphatic heterocycles. The van der Waals surface area contributed by atoms with Crippen molar-refractivity contribution < 1.29 is 23.0 Å². The number of hydrogen-bond acceptors (Lipinski definition) is 2. The Hall–Kier alpha value is -3.31. The monoisotopic (exact) mass is 422 g/mol. The zero-order chi connectivity index (χ0) is 21.9. The van der Waals surface area contributed by atoms with E-state index in [0.29, 0.717) is 11.1 Å². The zero-order valence-corrected chi connectivity index (χ0v) is 16.6. The summed E-state index contributed by atoms with van der Waals surface area (Å²) >= 11 is 0. The Morgan fingerprint density at radius 3 is 1.68 bits per heavy atom. The lowest BCUT2D eigenvalue weighted by atomic mass is 9.83. The predicted molar refractivity (Wildman–Crippen MR) is 113 cm³/mol. The van der Waals surface area contributed by atoms with Gasteiger partial charge in [0, 0.05) is 5.92 Å². The Kier molecular flexibility index (Phi) is 5.70. The fourth-order valence-corrected chi connectivity index (χ4v) is 3.80. The number of ether oxygens (including phenoxy) is 1. The molecule has 158 valence electrons. The van der Waals surface area contributed by atoms with E-state index in [2.05, 4.69) is 0 Å². The van der Waals surface area contributed by atoms with Gasteiger partial charge in [0.25, 0.3) is 0 Å². The van der Waals surface area contributed by atoms with E-state index < -0.39 is 23.5 Å². The molecule has 2 nitrogen and oxygen atoms in total. The molecule has 0 saturated heterocycles. The molecule has 0 spiro atoms. The second kappa shape index (κ2) is 8.44. The molecule has 0 aromatic heterocycles. The average molecular weight is 422 g/mol. The van der Waals surface area contributed by atoms with E-state index in [1.165, 1.54) is 0 Å². The van der Waals surface area contributed by atoms with Gasteiger partial charge in [0.15, 0.2) is 5.60 Å². The van der Waals surface area contributed by atoms with Crippen LogP contribution in [-0.2, 0) is 10.3 Å². The molecular formula is C26H21F3O2. The van der Waals surface area contributed by atoms with Gasteiger partial charge >= 0.3 is 6.18 Å². The van der Waals surface area contributed by atoms with Crippen LogP contribution in [0.15, 0.2) is 115 Å². The third kappa shape index (κ3) is 4.28. The van der Waals surface area contributed by atoms with Gasteiger partial charge in [-0.1, -0.05) is 91.0 Å². The van der Waals surface area contributed by atoms with E-state index in [1.807, 2.05) is 6.07 Å². The van der Waals surface area contributed by atoms with Crippen molar-refractivity contribution >= 4 is 0 Å². The Balaban J connectivity index is 1.86. The van der Waals surface area contributed by atoms with Crippen LogP contribution in [0.4, 0.5) is 13.2 Å². The van der Waals surface area contributed by atoms with Crippen LogP contribution in [0.1, 0.15) is 29.0 Å². The second-order valence-electron chi connectivity index (χ2n) is 7.39. The van der Waals surface area contributed by atoms with E-state index in [1.54, 1.807) is 91.0 Å². The summed E-state index contributed by atoms with van der Waals surface area (Å²) in [5.41, 5.74) is -0.286. The van der Waals surface area contributed by atoms with E-state index in [4.69, 9.17) is 4.74 Å². The van der Waals surface area contributed by atoms with Crippen LogP contribution >= 0.6 is 0 Å². The molecule has 0 bridgehead atoms. The maximum atomic E-state index is 13.9. The van der Waals surface area contributed by atoms with Gasteiger partial charge in [-0.2, -0.15) is 13.2 Å². The number of alkyl halides is 3. The largest absolute Gasteiger partial charge is 0.453 e. The Bertz CT molecular complexity index is 1030. The van der Waals surface area contributed by atoms with Crippen molar-refractivity contribution in [3.63, 3.8) is 0 Å². The van der Waals surface area contributed by atoms with E-state index in [-0.39, 0.29) is 12.2 Å². The summed E-state index contributed by atoms with van der Waals surface area (Å²) in [5, 5.41) is 11.9. The highest BCUT2D eigenvalue weighted by Gasteiger charge is 2.44. The molecule has 1 atom stereocenters. The molecule has 0 radical (unpaired) electrons. The van der Waals surface area contributed by atoms with Gasteiger partial charge in [0.2, 0.25) is 5.76 Å². The maximum Gasteiger partial charge on any atom is 0.449 e. The predicted octanol–water partition coefficient (Wildman–Crippen LogP) is 6.46. The van der Waals surface area contributed by atoms with Crippen molar-refractivity contribution in [3.05, 3.63) is 131 Å². The summed E-state index contributed by atoms with van der Waals surface area (Å²) in [4.78, 5) is 0. The first-order chi connectivity index (χ1) is 14.9. The van der Waals surface area contributed by atoms with Crippen molar-refractivity contribution in [3.8, 4) is 0 Å². The minimum atomic E-state index is -4.70. The normalized spacial score (nSPS) is 17.2. The standard InChI is InChI=1S/C26H21F3O2/c27-26(28,29)24-18-20(19-10-4-1-5-11-19)16-17-23(31-24)25(30,21-12-6-2-7-13-21)22-14-8-3-9-15-22/h1-15,17-18,20,30H,16H2. The highest BCUT2D eigenvalue weighted by molar-refractivity contribution is 5.44. The molecule has 5 heteroatoms. The van der Waals surface area contributed by atoms with Gasteiger partial charge in [0.1, 0.15) is 5.76 Å². The van der Waals surface area contributed by atoms with Gasteiger partial charge in [-0.25, -0.2) is 0 Å². The number of aliphatic hydroxyl groups is 1. The smallest absolute Gasteiger partial charge is 0.449 e. The first-order valence-electron chi connectivity index (χ1n) is 9.95. The molecule has 4 rings (SSSR count). The van der Waals surface area contributed by atoms with Crippen LogP contribution < -0.4 is 0 Å². The first kappa shape index (κ1) is 20.9. The average Bonchev–Trinajstić information content (AvgIpc) is 3.04. The lowest BCUT2D eigenvalue weighted by Gasteiger charge is -2.32. The number of hydrogen-bond donors (Lipinski definition) is 1. The first-order valence-corrected chi connectivity index (χ1v) is 9.95. The molecular weight excluding hydrogens is 401 g/mol. The zero-order valence-electron chi connectivity index (χ0n) is 16.6. The highest BCUT2D eigenvalue weighted by Crippen LogP contribution is 2.44. The summed E-state index contributed by atoms with van der Waals surface area (Å²) < 4.78 is 47.1. The molecule has 0 amide bonds. The quantitative estimate of drug-likeness (QED) is 0.523. The minimum absolute atomic E-state index is 0.160. The molecule has 0 fully saturated rings. The molecule has 0 saturated carbocycles. The molecule has 0 aliphatic carbocycles. The van der Waals surface area contributed by atoms with Crippen LogP contribution in [0.3, 0.4) is 0 Å². The van der Waals surface area contributed by atoms with Crippen molar-refractivity contribution in [2.24, 2.45) is 0 Å². The Labute approximate surface area is 178 Å². The van der Waals surface area contributed by atoms with Crippen LogP contribution in [0.2, 0.25) is 0 Å². The molecule has 1 heterocycles. The lowest BCUT2D eigenvalue weighted by molar-refractivity contribution is -0.129. The van der Waals surface area contributed by atoms with Gasteiger partial charge < -0.3 is 9.84 Å². The van der Waals surface area contributed by atoms with Crippen LogP contribution in [0.5, 0.6) is 0 Å². The maximum absolute atomic E-state index is 13.9. The van der Waals surface area contributed by atoms with Gasteiger partial charge in [-0.3, -0.25) is 0 Å². The van der Waals surface area contributed by atoms with Crippen molar-refractivity contribution in [1.29, 1.82) is 0 Å². The molecule has 1 aliphatic rings. The summed E-state index contributed by atoms with van der Waals surface area (Å²) in [7, 11) is 0. The topological polar surface area (TPSA) is 29.5 Å². The van der Waals surface area contributed by atoms with E-state index in [0.717, 1.165) is 11.6 Å². The summed E-state index contributed by atoms with van der Waals surface area (Å²) in [5.74, 6) is -1.83. The molecule has 1 N–H and O–H groups in total. The third-order valence-corrected chi connectivity index (χ3v) is 5.38. The second-order valence-corrected chi connectivity index (χ2v) is 7.39. The molecule has 3 aromatic rings. The van der Waals surface area contributed by atoms with Gasteiger partial charge in [0.05, 0.1) is 0 Å². The number of halogens is 3. The molecule has 1 unspecified atom stereocenters. The number of benzene rings is 3. The summed E-state index contributed by atoms with van der Waals surface area (Å²) in [6, 6.07) is 26.1. The van der Waals surface area contributed by atoms with Crippen LogP contribution in [0.25, 0.3) is 0 Å². The number of rotatable bonds is 4. The molecule has 3 aromatic carbocycles. The Morgan fingerprint density at radius 1 is 0.710 bits per heavy atom. The number of allylic oxidation sites excluding steroid dienone is 3. The highest BCUT2D eigenvalue weighted by atomic mass is 19.4. The van der Waals surface area contributed by atoms with Crippen molar-refractivity contribution in [2.75, 3.05) is 0 Å². The van der Waals surface area contributed by atoms with Gasteiger partial charge in [-0.05, 0) is 35.3 Å². The lowest BCUT2D eigenvalue weighted by Crippen LogP contribution is -2.32. The van der Waals surface area contributed by atoms with Gasteiger partial charge in [-0.15, -0.1) is 0 Å². The third-order valence-electron chi connectivity index (χ3n) is 5.38. The van der Waals surface area contributed by atoms with Crippen LogP contribution in [0, 0.1) is 0 Å². The fourth-order valence-electron chi connectivity index (χ4n) is 3.80. The SMILES string of the molecule is OC(C1=CCC(c2ccccc2)C=C(C(F)(F)F)O1)(c1ccccc1)c1ccccc1. The Morgan fingerprint density at radius 2 is 1.19 bits per heavy atom.